The summed E-state index contributed by atoms with van der Waals surface area (Å²) in [6.07, 6.45) is 1.10. The highest BCUT2D eigenvalue weighted by atomic mass is 16.4. The maximum atomic E-state index is 11.3. The summed E-state index contributed by atoms with van der Waals surface area (Å²) in [6.45, 7) is 1.62. The molecule has 0 bridgehead atoms. The van der Waals surface area contributed by atoms with Crippen molar-refractivity contribution < 1.29 is 19.8 Å². The molecule has 14 heavy (non-hydrogen) atoms. The van der Waals surface area contributed by atoms with E-state index in [9.17, 15) is 9.59 Å². The van der Waals surface area contributed by atoms with Crippen molar-refractivity contribution >= 4 is 11.9 Å². The Bertz CT molecular complexity index is 205. The number of aliphatic hydroxyl groups excluding tert-OH is 1. The van der Waals surface area contributed by atoms with Gasteiger partial charge in [-0.2, -0.15) is 0 Å². The van der Waals surface area contributed by atoms with Crippen LogP contribution in [0.25, 0.3) is 0 Å². The second-order valence-corrected chi connectivity index (χ2v) is 3.12. The van der Waals surface area contributed by atoms with E-state index in [2.05, 4.69) is 0 Å². The van der Waals surface area contributed by atoms with Crippen molar-refractivity contribution in [2.75, 3.05) is 13.7 Å². The van der Waals surface area contributed by atoms with Gasteiger partial charge in [0.05, 0.1) is 0 Å². The number of hydrogen-bond acceptors (Lipinski definition) is 3. The first-order valence-corrected chi connectivity index (χ1v) is 4.63. The van der Waals surface area contributed by atoms with Crippen LogP contribution in [-0.4, -0.2) is 46.7 Å². The fourth-order valence-corrected chi connectivity index (χ4v) is 1.17. The molecule has 0 saturated heterocycles. The predicted molar refractivity (Wildman–Crippen MR) is 50.8 cm³/mol. The van der Waals surface area contributed by atoms with E-state index in [1.807, 2.05) is 6.92 Å². The number of hydrogen-bond donors (Lipinski definition) is 2. The van der Waals surface area contributed by atoms with Crippen molar-refractivity contribution in [3.63, 3.8) is 0 Å². The van der Waals surface area contributed by atoms with Gasteiger partial charge in [0.15, 0.2) is 0 Å². The molecule has 0 aliphatic carbocycles. The van der Waals surface area contributed by atoms with Gasteiger partial charge in [-0.25, -0.2) is 4.79 Å². The van der Waals surface area contributed by atoms with E-state index in [0.717, 1.165) is 0 Å². The second-order valence-electron chi connectivity index (χ2n) is 3.12. The number of rotatable bonds is 6. The van der Waals surface area contributed by atoms with Crippen molar-refractivity contribution in [1.82, 2.24) is 4.90 Å². The first kappa shape index (κ1) is 12.9. The third-order valence-electron chi connectivity index (χ3n) is 2.01. The highest BCUT2D eigenvalue weighted by Crippen LogP contribution is 2.05. The zero-order chi connectivity index (χ0) is 11.1. The molecule has 5 heteroatoms. The molecule has 0 unspecified atom stereocenters. The Balaban J connectivity index is 4.34. The first-order chi connectivity index (χ1) is 6.54. The summed E-state index contributed by atoms with van der Waals surface area (Å²) in [5.41, 5.74) is 0. The monoisotopic (exact) mass is 203 g/mol. The van der Waals surface area contributed by atoms with Crippen LogP contribution >= 0.6 is 0 Å². The highest BCUT2D eigenvalue weighted by Gasteiger charge is 2.24. The molecule has 0 aliphatic heterocycles. The average molecular weight is 203 g/mol. The molecule has 0 aliphatic rings. The maximum absolute atomic E-state index is 11.3. The van der Waals surface area contributed by atoms with Crippen molar-refractivity contribution in [2.24, 2.45) is 0 Å². The lowest BCUT2D eigenvalue weighted by Gasteiger charge is -2.24. The fourth-order valence-electron chi connectivity index (χ4n) is 1.17. The molecule has 0 fully saturated rings. The molecule has 0 spiro atoms. The zero-order valence-corrected chi connectivity index (χ0v) is 8.56. The smallest absolute Gasteiger partial charge is 0.326 e. The Kier molecular flexibility index (Phi) is 5.87. The van der Waals surface area contributed by atoms with Crippen LogP contribution in [0.1, 0.15) is 26.2 Å². The number of nitrogens with zero attached hydrogens (tertiary/aromatic N) is 1. The van der Waals surface area contributed by atoms with E-state index < -0.39 is 12.0 Å². The Hall–Kier alpha value is -1.10. The van der Waals surface area contributed by atoms with Gasteiger partial charge in [-0.1, -0.05) is 6.92 Å². The van der Waals surface area contributed by atoms with Crippen LogP contribution < -0.4 is 0 Å². The predicted octanol–water partition coefficient (Wildman–Crippen LogP) is 0.0805. The van der Waals surface area contributed by atoms with Crippen molar-refractivity contribution in [2.45, 2.75) is 32.2 Å². The highest BCUT2D eigenvalue weighted by molar-refractivity contribution is 5.83. The van der Waals surface area contributed by atoms with Gasteiger partial charge in [0.25, 0.3) is 0 Å². The topological polar surface area (TPSA) is 77.8 Å². The van der Waals surface area contributed by atoms with Gasteiger partial charge in [-0.05, 0) is 6.42 Å². The molecule has 0 rings (SSSR count). The zero-order valence-electron chi connectivity index (χ0n) is 8.56. The van der Waals surface area contributed by atoms with Gasteiger partial charge in [-0.15, -0.1) is 0 Å². The number of carboxylic acids is 1. The Morgan fingerprint density at radius 1 is 1.43 bits per heavy atom. The molecular weight excluding hydrogens is 186 g/mol. The maximum Gasteiger partial charge on any atom is 0.326 e. The lowest BCUT2D eigenvalue weighted by Crippen LogP contribution is -2.42. The van der Waals surface area contributed by atoms with E-state index in [-0.39, 0.29) is 18.9 Å². The molecule has 2 N–H and O–H groups in total. The summed E-state index contributed by atoms with van der Waals surface area (Å²) in [4.78, 5) is 23.3. The molecule has 82 valence electrons. The molecule has 0 heterocycles. The van der Waals surface area contributed by atoms with Gasteiger partial charge in [0.1, 0.15) is 6.04 Å². The number of aliphatic hydroxyl groups is 1. The molecule has 0 radical (unpaired) electrons. The molecule has 0 aromatic heterocycles. The van der Waals surface area contributed by atoms with Gasteiger partial charge < -0.3 is 15.1 Å². The van der Waals surface area contributed by atoms with Crippen LogP contribution in [0, 0.1) is 0 Å². The van der Waals surface area contributed by atoms with Crippen molar-refractivity contribution in [3.8, 4) is 0 Å². The minimum absolute atomic E-state index is 0.0707. The number of carboxylic acid groups (broad SMARTS) is 1. The lowest BCUT2D eigenvalue weighted by molar-refractivity contribution is -0.149. The van der Waals surface area contributed by atoms with E-state index in [0.29, 0.717) is 12.8 Å². The van der Waals surface area contributed by atoms with Crippen LogP contribution in [0.5, 0.6) is 0 Å². The van der Waals surface area contributed by atoms with Crippen LogP contribution in [0.15, 0.2) is 0 Å². The summed E-state index contributed by atoms with van der Waals surface area (Å²) >= 11 is 0. The summed E-state index contributed by atoms with van der Waals surface area (Å²) in [6, 6.07) is -0.918. The minimum Gasteiger partial charge on any atom is -0.480 e. The van der Waals surface area contributed by atoms with E-state index >= 15 is 0 Å². The van der Waals surface area contributed by atoms with E-state index in [1.165, 1.54) is 11.9 Å². The third-order valence-corrected chi connectivity index (χ3v) is 2.01. The number of carbonyl (C=O) groups is 2. The number of aliphatic carboxylic acids is 1. The molecule has 1 amide bonds. The summed E-state index contributed by atoms with van der Waals surface area (Å²) in [5, 5.41) is 17.4. The normalized spacial score (nSPS) is 12.2. The molecule has 1 atom stereocenters. The summed E-state index contributed by atoms with van der Waals surface area (Å²) in [7, 11) is 1.45. The summed E-state index contributed by atoms with van der Waals surface area (Å²) in [5.74, 6) is -1.28. The quantitative estimate of drug-likeness (QED) is 0.641. The first-order valence-electron chi connectivity index (χ1n) is 4.63. The SMILES string of the molecule is CCCC(=O)N(C)[C@@H](CCO)C(=O)O. The van der Waals surface area contributed by atoms with Crippen LogP contribution in [0.4, 0.5) is 0 Å². The van der Waals surface area contributed by atoms with Crippen molar-refractivity contribution in [1.29, 1.82) is 0 Å². The van der Waals surface area contributed by atoms with Crippen LogP contribution in [-0.2, 0) is 9.59 Å². The Morgan fingerprint density at radius 3 is 2.36 bits per heavy atom. The van der Waals surface area contributed by atoms with Crippen LogP contribution in [0.3, 0.4) is 0 Å². The summed E-state index contributed by atoms with van der Waals surface area (Å²) < 4.78 is 0. The Labute approximate surface area is 83.3 Å². The van der Waals surface area contributed by atoms with Gasteiger partial charge in [-0.3, -0.25) is 4.79 Å². The molecule has 0 aromatic carbocycles. The fraction of sp³-hybridized carbons (Fsp3) is 0.778. The van der Waals surface area contributed by atoms with E-state index in [1.54, 1.807) is 0 Å². The average Bonchev–Trinajstić information content (AvgIpc) is 2.13. The molecule has 5 nitrogen and oxygen atoms in total. The number of amides is 1. The minimum atomic E-state index is -1.08. The van der Waals surface area contributed by atoms with Crippen molar-refractivity contribution in [3.05, 3.63) is 0 Å². The van der Waals surface area contributed by atoms with Gasteiger partial charge >= 0.3 is 5.97 Å². The molecular formula is C9H17NO4. The molecule has 0 aromatic rings. The number of likely N-dealkylation sites (N-methyl/N-ethyl adjacent to an activating group) is 1. The third kappa shape index (κ3) is 3.74. The van der Waals surface area contributed by atoms with Gasteiger partial charge in [0, 0.05) is 26.5 Å². The van der Waals surface area contributed by atoms with Gasteiger partial charge in [0.2, 0.25) is 5.91 Å². The largest absolute Gasteiger partial charge is 0.480 e. The van der Waals surface area contributed by atoms with Crippen LogP contribution in [0.2, 0.25) is 0 Å². The molecule has 0 saturated carbocycles. The number of carbonyl (C=O) groups excluding carboxylic acids is 1. The van der Waals surface area contributed by atoms with E-state index in [4.69, 9.17) is 10.2 Å². The second kappa shape index (κ2) is 6.37. The lowest BCUT2D eigenvalue weighted by atomic mass is 10.1. The Morgan fingerprint density at radius 2 is 2.00 bits per heavy atom. The standard InChI is InChI=1S/C9H17NO4/c1-3-4-8(12)10(2)7(5-6-11)9(13)14/h7,11H,3-6H2,1-2H3,(H,13,14)/t7-/m0/s1.